The second-order valence-electron chi connectivity index (χ2n) is 2.23. The minimum Gasteiger partial charge on any atom is -0.480 e. The van der Waals surface area contributed by atoms with Crippen molar-refractivity contribution in [1.82, 2.24) is 0 Å². The molecule has 0 aromatic carbocycles. The molecule has 64 valence electrons. The van der Waals surface area contributed by atoms with Crippen LogP contribution in [0, 0.1) is 0 Å². The number of rotatable bonds is 5. The van der Waals surface area contributed by atoms with E-state index in [1.54, 1.807) is 0 Å². The molecule has 1 atom stereocenters. The fourth-order valence-corrected chi connectivity index (χ4v) is 0.632. The van der Waals surface area contributed by atoms with Gasteiger partial charge in [0.05, 0.1) is 0 Å². The summed E-state index contributed by atoms with van der Waals surface area (Å²) in [6.07, 6.45) is 2.16. The van der Waals surface area contributed by atoms with Gasteiger partial charge in [-0.25, -0.2) is 0 Å². The Hall–Kier alpha value is 0.273. The van der Waals surface area contributed by atoms with Crippen LogP contribution in [0.4, 0.5) is 0 Å². The molecule has 0 radical (unpaired) electrons. The van der Waals surface area contributed by atoms with Gasteiger partial charge in [-0.3, -0.25) is 4.79 Å². The molecule has 11 heavy (non-hydrogen) atoms. The Labute approximate surface area is 85.4 Å². The van der Waals surface area contributed by atoms with Crippen LogP contribution in [-0.4, -0.2) is 23.7 Å². The molecule has 5 heteroatoms. The van der Waals surface area contributed by atoms with Gasteiger partial charge in [0, 0.05) is 26.2 Å². The number of carboxylic acid groups (broad SMARTS) is 1. The Bertz CT molecular complexity index is 111. The summed E-state index contributed by atoms with van der Waals surface area (Å²) in [5.41, 5.74) is 10.4. The van der Waals surface area contributed by atoms with E-state index in [1.165, 1.54) is 0 Å². The zero-order chi connectivity index (χ0) is 7.98. The molecule has 0 rings (SSSR count). The summed E-state index contributed by atoms with van der Waals surface area (Å²) in [6, 6.07) is -0.716. The van der Waals surface area contributed by atoms with Crippen LogP contribution >= 0.6 is 0 Å². The summed E-state index contributed by atoms with van der Waals surface area (Å²) in [4.78, 5) is 10.1. The first-order chi connectivity index (χ1) is 4.68. The molecule has 4 nitrogen and oxygen atoms in total. The number of carboxylic acids is 1. The molecule has 0 spiro atoms. The zero-order valence-corrected chi connectivity index (χ0v) is 8.87. The Morgan fingerprint density at radius 1 is 1.45 bits per heavy atom. The van der Waals surface area contributed by atoms with E-state index >= 15 is 0 Å². The first-order valence-corrected chi connectivity index (χ1v) is 3.37. The Kier molecular flexibility index (Phi) is 10.5. The van der Waals surface area contributed by atoms with Gasteiger partial charge in [-0.15, -0.1) is 0 Å². The van der Waals surface area contributed by atoms with Crippen molar-refractivity contribution in [1.29, 1.82) is 0 Å². The normalized spacial score (nSPS) is 11.8. The fourth-order valence-electron chi connectivity index (χ4n) is 0.632. The van der Waals surface area contributed by atoms with Crippen LogP contribution in [0.5, 0.6) is 0 Å². The van der Waals surface area contributed by atoms with Gasteiger partial charge < -0.3 is 16.6 Å². The molecule has 0 aliphatic carbocycles. The number of aliphatic carboxylic acids is 1. The van der Waals surface area contributed by atoms with Crippen molar-refractivity contribution in [2.24, 2.45) is 11.5 Å². The van der Waals surface area contributed by atoms with Crippen LogP contribution < -0.4 is 11.5 Å². The average molecular weight is 237 g/mol. The van der Waals surface area contributed by atoms with E-state index in [0.29, 0.717) is 13.0 Å². The number of nitrogens with two attached hydrogens (primary N) is 2. The fraction of sp³-hybridized carbons (Fsp3) is 0.833. The van der Waals surface area contributed by atoms with Crippen LogP contribution in [0.2, 0.25) is 0 Å². The van der Waals surface area contributed by atoms with Gasteiger partial charge in [0.15, 0.2) is 0 Å². The maximum atomic E-state index is 10.1. The first kappa shape index (κ1) is 13.8. The van der Waals surface area contributed by atoms with Crippen LogP contribution in [-0.2, 0) is 31.0 Å². The SMILES string of the molecule is NCCCC[C@H](N)C(=O)O.[Zr]. The van der Waals surface area contributed by atoms with E-state index in [1.807, 2.05) is 0 Å². The summed E-state index contributed by atoms with van der Waals surface area (Å²) >= 11 is 0. The average Bonchev–Trinajstić information content (AvgIpc) is 1.88. The molecule has 0 saturated carbocycles. The number of unbranched alkanes of at least 4 members (excludes halogenated alkanes) is 1. The van der Waals surface area contributed by atoms with Gasteiger partial charge in [0.1, 0.15) is 6.04 Å². The standard InChI is InChI=1S/C6H14N2O2.Zr/c7-4-2-1-3-5(8)6(9)10;/h5H,1-4,7-8H2,(H,9,10);/t5-;/m0./s1. The summed E-state index contributed by atoms with van der Waals surface area (Å²) in [7, 11) is 0. The maximum Gasteiger partial charge on any atom is 0.320 e. The van der Waals surface area contributed by atoms with Crippen molar-refractivity contribution in [3.63, 3.8) is 0 Å². The van der Waals surface area contributed by atoms with Gasteiger partial charge >= 0.3 is 5.97 Å². The van der Waals surface area contributed by atoms with E-state index < -0.39 is 12.0 Å². The number of hydrogen-bond acceptors (Lipinski definition) is 3. The van der Waals surface area contributed by atoms with Crippen LogP contribution in [0.25, 0.3) is 0 Å². The summed E-state index contributed by atoms with van der Waals surface area (Å²) in [5, 5.41) is 8.33. The zero-order valence-electron chi connectivity index (χ0n) is 6.42. The molecule has 0 saturated heterocycles. The Balaban J connectivity index is 0. The van der Waals surface area contributed by atoms with Crippen molar-refractivity contribution in [2.45, 2.75) is 25.3 Å². The molecule has 0 aliphatic heterocycles. The van der Waals surface area contributed by atoms with E-state index in [0.717, 1.165) is 12.8 Å². The summed E-state index contributed by atoms with van der Waals surface area (Å²) < 4.78 is 0. The molecule has 0 aromatic rings. The molecule has 0 bridgehead atoms. The third kappa shape index (κ3) is 8.18. The van der Waals surface area contributed by atoms with E-state index in [9.17, 15) is 4.79 Å². The van der Waals surface area contributed by atoms with Crippen molar-refractivity contribution in [2.75, 3.05) is 6.54 Å². The van der Waals surface area contributed by atoms with E-state index in [2.05, 4.69) is 0 Å². The van der Waals surface area contributed by atoms with Crippen molar-refractivity contribution in [3.05, 3.63) is 0 Å². The summed E-state index contributed by atoms with van der Waals surface area (Å²) in [5.74, 6) is -0.933. The molecule has 0 fully saturated rings. The smallest absolute Gasteiger partial charge is 0.320 e. The Morgan fingerprint density at radius 2 is 2.00 bits per heavy atom. The van der Waals surface area contributed by atoms with Gasteiger partial charge in [-0.2, -0.15) is 0 Å². The third-order valence-corrected chi connectivity index (χ3v) is 1.29. The number of hydrogen-bond donors (Lipinski definition) is 3. The van der Waals surface area contributed by atoms with Gasteiger partial charge in [-0.05, 0) is 19.4 Å². The quantitative estimate of drug-likeness (QED) is 0.564. The summed E-state index contributed by atoms with van der Waals surface area (Å²) in [6.45, 7) is 0.604. The van der Waals surface area contributed by atoms with Crippen molar-refractivity contribution < 1.29 is 36.1 Å². The van der Waals surface area contributed by atoms with E-state index in [4.69, 9.17) is 16.6 Å². The van der Waals surface area contributed by atoms with Crippen LogP contribution in [0.1, 0.15) is 19.3 Å². The van der Waals surface area contributed by atoms with Crippen molar-refractivity contribution in [3.8, 4) is 0 Å². The first-order valence-electron chi connectivity index (χ1n) is 3.37. The monoisotopic (exact) mass is 236 g/mol. The molecule has 0 heterocycles. The van der Waals surface area contributed by atoms with Crippen LogP contribution in [0.3, 0.4) is 0 Å². The Morgan fingerprint density at radius 3 is 2.36 bits per heavy atom. The van der Waals surface area contributed by atoms with Gasteiger partial charge in [0.25, 0.3) is 0 Å². The molecule has 5 N–H and O–H groups in total. The van der Waals surface area contributed by atoms with Crippen LogP contribution in [0.15, 0.2) is 0 Å². The number of carbonyl (C=O) groups is 1. The molecular weight excluding hydrogens is 223 g/mol. The molecule has 0 aliphatic rings. The second kappa shape index (κ2) is 8.37. The minimum atomic E-state index is -0.933. The molecule has 0 aromatic heterocycles. The molecule has 0 unspecified atom stereocenters. The predicted molar refractivity (Wildman–Crippen MR) is 38.5 cm³/mol. The second-order valence-corrected chi connectivity index (χ2v) is 2.23. The third-order valence-electron chi connectivity index (χ3n) is 1.29. The van der Waals surface area contributed by atoms with E-state index in [-0.39, 0.29) is 26.2 Å². The van der Waals surface area contributed by atoms with Crippen molar-refractivity contribution >= 4 is 5.97 Å². The van der Waals surface area contributed by atoms with Gasteiger partial charge in [0.2, 0.25) is 0 Å². The predicted octanol–water partition coefficient (Wildman–Crippen LogP) is -0.475. The maximum absolute atomic E-state index is 10.1. The molecular formula is C6H14N2O2Zr. The van der Waals surface area contributed by atoms with Gasteiger partial charge in [-0.1, -0.05) is 6.42 Å². The molecule has 0 amide bonds. The minimum absolute atomic E-state index is 0. The topological polar surface area (TPSA) is 89.3 Å². The largest absolute Gasteiger partial charge is 0.480 e.